The molecule has 2 aromatic carbocycles. The van der Waals surface area contributed by atoms with Gasteiger partial charge in [0.2, 0.25) is 0 Å². The van der Waals surface area contributed by atoms with Gasteiger partial charge in [0.25, 0.3) is 5.91 Å². The lowest BCUT2D eigenvalue weighted by Crippen LogP contribution is -2.20. The van der Waals surface area contributed by atoms with Crippen molar-refractivity contribution in [1.82, 2.24) is 25.2 Å². The van der Waals surface area contributed by atoms with Crippen LogP contribution in [0.2, 0.25) is 5.02 Å². The summed E-state index contributed by atoms with van der Waals surface area (Å²) < 4.78 is 1.86. The third-order valence-electron chi connectivity index (χ3n) is 4.90. The molecule has 0 fully saturated rings. The number of nitrogens with one attached hydrogen (secondary N) is 1. The van der Waals surface area contributed by atoms with E-state index in [2.05, 4.69) is 32.3 Å². The van der Waals surface area contributed by atoms with Gasteiger partial charge in [0.05, 0.1) is 12.0 Å². The van der Waals surface area contributed by atoms with Crippen LogP contribution in [0.25, 0.3) is 17.1 Å². The zero-order valence-corrected chi connectivity index (χ0v) is 20.1. The molecule has 0 aliphatic heterocycles. The molecule has 0 radical (unpaired) electrons. The number of hydrogen-bond donors (Lipinski definition) is 2. The molecule has 1 amide bonds. The van der Waals surface area contributed by atoms with Gasteiger partial charge in [-0.05, 0) is 54.4 Å². The van der Waals surface area contributed by atoms with Crippen LogP contribution in [0.4, 0.5) is 0 Å². The minimum atomic E-state index is -0.330. The summed E-state index contributed by atoms with van der Waals surface area (Å²) in [5, 5.41) is 24.0. The molecular weight excluding hydrogens is 484 g/mol. The Balaban J connectivity index is 1.48. The molecule has 10 heteroatoms. The Morgan fingerprint density at radius 1 is 1.14 bits per heavy atom. The van der Waals surface area contributed by atoms with Crippen molar-refractivity contribution in [2.45, 2.75) is 11.6 Å². The lowest BCUT2D eigenvalue weighted by atomic mass is 10.1. The summed E-state index contributed by atoms with van der Waals surface area (Å²) in [5.74, 6) is 0.455. The lowest BCUT2D eigenvalue weighted by Gasteiger charge is -2.10. The monoisotopic (exact) mass is 504 g/mol. The van der Waals surface area contributed by atoms with Gasteiger partial charge < -0.3 is 5.11 Å². The molecular formula is C25H21ClN6O2S. The Morgan fingerprint density at radius 3 is 2.66 bits per heavy atom. The van der Waals surface area contributed by atoms with Crippen LogP contribution in [0.15, 0.2) is 89.9 Å². The van der Waals surface area contributed by atoms with Gasteiger partial charge in [-0.1, -0.05) is 41.6 Å². The third kappa shape index (κ3) is 5.95. The third-order valence-corrected chi connectivity index (χ3v) is 6.08. The van der Waals surface area contributed by atoms with Crippen molar-refractivity contribution >= 4 is 35.5 Å². The second kappa shape index (κ2) is 11.5. The van der Waals surface area contributed by atoms with Crippen molar-refractivity contribution in [3.8, 4) is 22.8 Å². The van der Waals surface area contributed by atoms with Crippen molar-refractivity contribution in [3.63, 3.8) is 0 Å². The zero-order valence-electron chi connectivity index (χ0n) is 18.5. The molecule has 0 unspecified atom stereocenters. The minimum absolute atomic E-state index is 0.0574. The topological polar surface area (TPSA) is 105 Å². The number of hydrogen-bond acceptors (Lipinski definition) is 7. The molecule has 0 aliphatic rings. The number of amides is 1. The molecule has 35 heavy (non-hydrogen) atoms. The Bertz CT molecular complexity index is 1360. The first-order chi connectivity index (χ1) is 17.1. The summed E-state index contributed by atoms with van der Waals surface area (Å²) >= 11 is 7.28. The van der Waals surface area contributed by atoms with Crippen LogP contribution < -0.4 is 5.43 Å². The highest BCUT2D eigenvalue weighted by Crippen LogP contribution is 2.28. The molecule has 0 aliphatic carbocycles. The van der Waals surface area contributed by atoms with Gasteiger partial charge in [0.1, 0.15) is 5.75 Å². The molecule has 4 aromatic rings. The number of hydrazone groups is 1. The number of phenolic OH excluding ortho intramolecular Hbond substituents is 1. The maximum absolute atomic E-state index is 12.4. The molecule has 0 spiro atoms. The molecule has 0 bridgehead atoms. The summed E-state index contributed by atoms with van der Waals surface area (Å²) in [5.41, 5.74) is 5.36. The van der Waals surface area contributed by atoms with E-state index in [0.717, 1.165) is 16.8 Å². The Morgan fingerprint density at radius 2 is 1.91 bits per heavy atom. The Hall–Kier alpha value is -3.95. The van der Waals surface area contributed by atoms with Gasteiger partial charge in [-0.25, -0.2) is 5.43 Å². The van der Waals surface area contributed by atoms with E-state index < -0.39 is 0 Å². The molecule has 4 rings (SSSR count). The zero-order chi connectivity index (χ0) is 24.6. The molecule has 0 saturated carbocycles. The average Bonchev–Trinajstić information content (AvgIpc) is 3.30. The molecule has 0 atom stereocenters. The number of nitrogens with zero attached hydrogens (tertiary/aromatic N) is 5. The predicted octanol–water partition coefficient (Wildman–Crippen LogP) is 4.66. The lowest BCUT2D eigenvalue weighted by molar-refractivity contribution is -0.118. The summed E-state index contributed by atoms with van der Waals surface area (Å²) in [6, 6.07) is 16.3. The highest BCUT2D eigenvalue weighted by atomic mass is 35.5. The number of allylic oxidation sites excluding steroid dienone is 1. The van der Waals surface area contributed by atoms with Crippen LogP contribution in [-0.4, -0.2) is 42.7 Å². The van der Waals surface area contributed by atoms with E-state index in [0.29, 0.717) is 28.0 Å². The van der Waals surface area contributed by atoms with E-state index in [-0.39, 0.29) is 17.4 Å². The summed E-state index contributed by atoms with van der Waals surface area (Å²) in [6.07, 6.45) is 7.01. The molecule has 2 heterocycles. The second-order valence-electron chi connectivity index (χ2n) is 7.28. The summed E-state index contributed by atoms with van der Waals surface area (Å²) in [7, 11) is 0. The first kappa shape index (κ1) is 24.2. The Kier molecular flexibility index (Phi) is 7.92. The maximum atomic E-state index is 12.4. The number of para-hydroxylation sites is 1. The average molecular weight is 505 g/mol. The van der Waals surface area contributed by atoms with Gasteiger partial charge in [0.15, 0.2) is 11.0 Å². The van der Waals surface area contributed by atoms with Crippen LogP contribution in [0.5, 0.6) is 5.75 Å². The van der Waals surface area contributed by atoms with Crippen LogP contribution in [0, 0.1) is 0 Å². The van der Waals surface area contributed by atoms with Crippen molar-refractivity contribution in [2.24, 2.45) is 5.10 Å². The fraction of sp³-hybridized carbons (Fsp3) is 0.0800. The van der Waals surface area contributed by atoms with Crippen LogP contribution in [0.1, 0.15) is 11.1 Å². The maximum Gasteiger partial charge on any atom is 0.250 e. The van der Waals surface area contributed by atoms with Crippen molar-refractivity contribution in [1.29, 1.82) is 0 Å². The van der Waals surface area contributed by atoms with Gasteiger partial charge in [-0.15, -0.1) is 16.8 Å². The summed E-state index contributed by atoms with van der Waals surface area (Å²) in [6.45, 7) is 3.68. The van der Waals surface area contributed by atoms with Gasteiger partial charge in [-0.2, -0.15) is 5.10 Å². The molecule has 2 N–H and O–H groups in total. The predicted molar refractivity (Wildman–Crippen MR) is 138 cm³/mol. The first-order valence-corrected chi connectivity index (χ1v) is 11.9. The standard InChI is InChI=1S/C25H21ClN6O2S/c1-2-4-17-5-3-6-19(23(17)34)15-28-29-22(33)16-35-25-31-30-24(18-11-13-27-14-12-18)32(25)21-9-7-20(26)8-10-21/h2-3,5-15,34H,1,4,16H2,(H,29,33)/b28-15-. The van der Waals surface area contributed by atoms with Gasteiger partial charge in [0, 0.05) is 34.2 Å². The van der Waals surface area contributed by atoms with Crippen LogP contribution in [0.3, 0.4) is 0 Å². The van der Waals surface area contributed by atoms with Crippen molar-refractivity contribution < 1.29 is 9.90 Å². The van der Waals surface area contributed by atoms with E-state index in [4.69, 9.17) is 11.6 Å². The molecule has 176 valence electrons. The van der Waals surface area contributed by atoms with Gasteiger partial charge in [-0.3, -0.25) is 14.3 Å². The first-order valence-electron chi connectivity index (χ1n) is 10.5. The number of carbonyl (C=O) groups is 1. The number of thioether (sulfide) groups is 1. The number of aromatic nitrogens is 4. The quantitative estimate of drug-likeness (QED) is 0.149. The second-order valence-corrected chi connectivity index (χ2v) is 8.66. The molecule has 2 aromatic heterocycles. The fourth-order valence-corrected chi connectivity index (χ4v) is 4.12. The molecule has 0 saturated heterocycles. The minimum Gasteiger partial charge on any atom is -0.507 e. The molecule has 8 nitrogen and oxygen atoms in total. The largest absolute Gasteiger partial charge is 0.507 e. The van der Waals surface area contributed by atoms with E-state index in [1.165, 1.54) is 18.0 Å². The number of carbonyl (C=O) groups excluding carboxylic acids is 1. The highest BCUT2D eigenvalue weighted by Gasteiger charge is 2.17. The number of rotatable bonds is 9. The van der Waals surface area contributed by atoms with E-state index in [1.807, 2.05) is 34.9 Å². The van der Waals surface area contributed by atoms with Gasteiger partial charge >= 0.3 is 0 Å². The van der Waals surface area contributed by atoms with Crippen LogP contribution >= 0.6 is 23.4 Å². The highest BCUT2D eigenvalue weighted by molar-refractivity contribution is 7.99. The summed E-state index contributed by atoms with van der Waals surface area (Å²) in [4.78, 5) is 16.5. The normalized spacial score (nSPS) is 11.0. The number of phenols is 1. The van der Waals surface area contributed by atoms with E-state index in [1.54, 1.807) is 42.7 Å². The number of pyridine rings is 1. The van der Waals surface area contributed by atoms with E-state index >= 15 is 0 Å². The number of aromatic hydroxyl groups is 1. The SMILES string of the molecule is C=CCc1cccc(/C=N\NC(=O)CSc2nnc(-c3ccncc3)n2-c2ccc(Cl)cc2)c1O. The number of halogens is 1. The van der Waals surface area contributed by atoms with Crippen molar-refractivity contribution in [3.05, 3.63) is 95.8 Å². The number of benzene rings is 2. The smallest absolute Gasteiger partial charge is 0.250 e. The Labute approximate surface area is 211 Å². The fourth-order valence-electron chi connectivity index (χ4n) is 3.25. The van der Waals surface area contributed by atoms with E-state index in [9.17, 15) is 9.90 Å². The van der Waals surface area contributed by atoms with Crippen LogP contribution in [-0.2, 0) is 11.2 Å². The van der Waals surface area contributed by atoms with Crippen molar-refractivity contribution in [2.75, 3.05) is 5.75 Å².